The first-order valence-corrected chi connectivity index (χ1v) is 10.0. The second-order valence-corrected chi connectivity index (χ2v) is 7.38. The van der Waals surface area contributed by atoms with E-state index >= 15 is 0 Å². The third-order valence-corrected chi connectivity index (χ3v) is 5.28. The summed E-state index contributed by atoms with van der Waals surface area (Å²) in [6.07, 6.45) is -1.53. The number of amides is 1. The molecule has 0 saturated carbocycles. The highest BCUT2D eigenvalue weighted by Crippen LogP contribution is 2.40. The zero-order valence-electron chi connectivity index (χ0n) is 16.8. The summed E-state index contributed by atoms with van der Waals surface area (Å²) in [6.45, 7) is 0.574. The normalized spacial score (nSPS) is 18.5. The predicted octanol–water partition coefficient (Wildman–Crippen LogP) is 3.90. The Morgan fingerprint density at radius 2 is 1.63 bits per heavy atom. The number of nitrogens with zero attached hydrogens (tertiary/aromatic N) is 1. The summed E-state index contributed by atoms with van der Waals surface area (Å²) >= 11 is 0. The van der Waals surface area contributed by atoms with Crippen LogP contribution in [-0.2, 0) is 16.1 Å². The van der Waals surface area contributed by atoms with Gasteiger partial charge in [-0.25, -0.2) is 0 Å². The van der Waals surface area contributed by atoms with Gasteiger partial charge in [-0.15, -0.1) is 0 Å². The van der Waals surface area contributed by atoms with Crippen molar-refractivity contribution in [2.45, 2.75) is 24.9 Å². The average Bonchev–Trinajstić information content (AvgIpc) is 3.61. The molecule has 0 aromatic heterocycles. The minimum atomic E-state index is -0.776. The molecule has 1 aliphatic heterocycles. The van der Waals surface area contributed by atoms with E-state index in [0.29, 0.717) is 6.54 Å². The van der Waals surface area contributed by atoms with Crippen LogP contribution >= 0.6 is 0 Å². The van der Waals surface area contributed by atoms with Crippen molar-refractivity contribution in [2.75, 3.05) is 13.7 Å². The standard InChI is InChI=1S/C25H25NO4/c1-29-21-14-12-18(13-15-21)16-26(17-22(27)19-8-4-2-5-9-19)25(28)24-23(30-24)20-10-6-3-7-11-20/h2-15,22-24,27H,16-17H2,1H3/t22?,23-,24+/m0/s1. The van der Waals surface area contributed by atoms with Crippen molar-refractivity contribution in [3.63, 3.8) is 0 Å². The second kappa shape index (κ2) is 9.11. The molecule has 154 valence electrons. The Hall–Kier alpha value is -3.15. The highest BCUT2D eigenvalue weighted by atomic mass is 16.6. The van der Waals surface area contributed by atoms with E-state index < -0.39 is 12.2 Å². The number of carbonyl (C=O) groups excluding carboxylic acids is 1. The Morgan fingerprint density at radius 3 is 2.27 bits per heavy atom. The molecule has 5 nitrogen and oxygen atoms in total. The van der Waals surface area contributed by atoms with Crippen molar-refractivity contribution >= 4 is 5.91 Å². The Kier molecular flexibility index (Phi) is 6.12. The fourth-order valence-corrected chi connectivity index (χ4v) is 3.55. The van der Waals surface area contributed by atoms with Crippen molar-refractivity contribution in [1.82, 2.24) is 4.90 Å². The van der Waals surface area contributed by atoms with Crippen LogP contribution in [0.2, 0.25) is 0 Å². The van der Waals surface area contributed by atoms with Crippen LogP contribution in [0.25, 0.3) is 0 Å². The fourth-order valence-electron chi connectivity index (χ4n) is 3.55. The van der Waals surface area contributed by atoms with Crippen molar-refractivity contribution < 1.29 is 19.4 Å². The van der Waals surface area contributed by atoms with E-state index in [1.165, 1.54) is 0 Å². The van der Waals surface area contributed by atoms with Crippen LogP contribution in [0.15, 0.2) is 84.9 Å². The fraction of sp³-hybridized carbons (Fsp3) is 0.240. The molecule has 1 fully saturated rings. The molecule has 0 aliphatic carbocycles. The topological polar surface area (TPSA) is 62.3 Å². The molecule has 5 heteroatoms. The Morgan fingerprint density at radius 1 is 1.00 bits per heavy atom. The molecule has 30 heavy (non-hydrogen) atoms. The zero-order valence-corrected chi connectivity index (χ0v) is 16.8. The Labute approximate surface area is 176 Å². The molecule has 1 amide bonds. The van der Waals surface area contributed by atoms with E-state index in [2.05, 4.69) is 0 Å². The lowest BCUT2D eigenvalue weighted by Gasteiger charge is -2.25. The summed E-state index contributed by atoms with van der Waals surface area (Å²) in [6, 6.07) is 26.7. The van der Waals surface area contributed by atoms with Crippen molar-refractivity contribution in [2.24, 2.45) is 0 Å². The molecule has 3 aromatic carbocycles. The summed E-state index contributed by atoms with van der Waals surface area (Å²) in [5.74, 6) is 0.644. The number of hydrogen-bond acceptors (Lipinski definition) is 4. The first kappa shape index (κ1) is 20.1. The lowest BCUT2D eigenvalue weighted by molar-refractivity contribution is -0.134. The first-order valence-electron chi connectivity index (χ1n) is 10.0. The maximum Gasteiger partial charge on any atom is 0.255 e. The van der Waals surface area contributed by atoms with Gasteiger partial charge in [0.2, 0.25) is 0 Å². The van der Waals surface area contributed by atoms with Crippen LogP contribution < -0.4 is 4.74 Å². The molecule has 1 aliphatic rings. The molecule has 0 spiro atoms. The van der Waals surface area contributed by atoms with Gasteiger partial charge in [0.05, 0.1) is 19.8 Å². The van der Waals surface area contributed by atoms with Crippen LogP contribution in [-0.4, -0.2) is 35.7 Å². The molecule has 0 radical (unpaired) electrons. The smallest absolute Gasteiger partial charge is 0.255 e. The summed E-state index contributed by atoms with van der Waals surface area (Å²) < 4.78 is 10.9. The lowest BCUT2D eigenvalue weighted by atomic mass is 10.1. The lowest BCUT2D eigenvalue weighted by Crippen LogP contribution is -2.37. The second-order valence-electron chi connectivity index (χ2n) is 7.38. The van der Waals surface area contributed by atoms with Gasteiger partial charge in [0.25, 0.3) is 5.91 Å². The van der Waals surface area contributed by atoms with Gasteiger partial charge in [0.1, 0.15) is 11.9 Å². The molecule has 4 rings (SSSR count). The third kappa shape index (κ3) is 4.70. The van der Waals surface area contributed by atoms with Gasteiger partial charge in [0, 0.05) is 6.54 Å². The minimum Gasteiger partial charge on any atom is -0.497 e. The Balaban J connectivity index is 1.51. The number of aliphatic hydroxyl groups excluding tert-OH is 1. The highest BCUT2D eigenvalue weighted by molar-refractivity contribution is 5.84. The molecule has 1 N–H and O–H groups in total. The van der Waals surface area contributed by atoms with Gasteiger partial charge >= 0.3 is 0 Å². The number of rotatable bonds is 8. The molecule has 1 saturated heterocycles. The van der Waals surface area contributed by atoms with E-state index in [0.717, 1.165) is 22.4 Å². The van der Waals surface area contributed by atoms with E-state index in [4.69, 9.17) is 9.47 Å². The number of ether oxygens (including phenoxy) is 2. The van der Waals surface area contributed by atoms with Crippen LogP contribution in [0.1, 0.15) is 28.9 Å². The monoisotopic (exact) mass is 403 g/mol. The zero-order chi connectivity index (χ0) is 20.9. The summed E-state index contributed by atoms with van der Waals surface area (Å²) in [7, 11) is 1.62. The summed E-state index contributed by atoms with van der Waals surface area (Å²) in [4.78, 5) is 14.9. The van der Waals surface area contributed by atoms with Crippen molar-refractivity contribution in [1.29, 1.82) is 0 Å². The quantitative estimate of drug-likeness (QED) is 0.580. The van der Waals surface area contributed by atoms with Gasteiger partial charge in [-0.2, -0.15) is 0 Å². The predicted molar refractivity (Wildman–Crippen MR) is 114 cm³/mol. The maximum absolute atomic E-state index is 13.2. The highest BCUT2D eigenvalue weighted by Gasteiger charge is 2.48. The average molecular weight is 403 g/mol. The number of benzene rings is 3. The molecule has 1 heterocycles. The molecule has 1 unspecified atom stereocenters. The van der Waals surface area contributed by atoms with Crippen molar-refractivity contribution in [3.05, 3.63) is 102 Å². The number of methoxy groups -OCH3 is 1. The SMILES string of the molecule is COc1ccc(CN(CC(O)c2ccccc2)C(=O)[C@@H]2O[C@H]2c2ccccc2)cc1. The van der Waals surface area contributed by atoms with Crippen LogP contribution in [0.5, 0.6) is 5.75 Å². The van der Waals surface area contributed by atoms with Gasteiger partial charge < -0.3 is 19.5 Å². The number of carbonyl (C=O) groups is 1. The van der Waals surface area contributed by atoms with Crippen LogP contribution in [0.4, 0.5) is 0 Å². The van der Waals surface area contributed by atoms with E-state index in [-0.39, 0.29) is 18.6 Å². The van der Waals surface area contributed by atoms with E-state index in [1.54, 1.807) is 12.0 Å². The molecule has 0 bridgehead atoms. The van der Waals surface area contributed by atoms with Crippen LogP contribution in [0.3, 0.4) is 0 Å². The van der Waals surface area contributed by atoms with E-state index in [1.807, 2.05) is 84.9 Å². The largest absolute Gasteiger partial charge is 0.497 e. The molecule has 3 aromatic rings. The molecular formula is C25H25NO4. The van der Waals surface area contributed by atoms with Crippen LogP contribution in [0, 0.1) is 0 Å². The van der Waals surface area contributed by atoms with Gasteiger partial charge in [-0.05, 0) is 28.8 Å². The number of aliphatic hydroxyl groups is 1. The number of hydrogen-bond donors (Lipinski definition) is 1. The first-order chi connectivity index (χ1) is 14.7. The minimum absolute atomic E-state index is 0.116. The van der Waals surface area contributed by atoms with Crippen molar-refractivity contribution in [3.8, 4) is 5.75 Å². The maximum atomic E-state index is 13.2. The molecular weight excluding hydrogens is 378 g/mol. The summed E-state index contributed by atoms with van der Waals surface area (Å²) in [5.41, 5.74) is 2.73. The third-order valence-electron chi connectivity index (χ3n) is 5.28. The Bertz CT molecular complexity index is 959. The molecule has 3 atom stereocenters. The van der Waals surface area contributed by atoms with Gasteiger partial charge in [-0.3, -0.25) is 4.79 Å². The van der Waals surface area contributed by atoms with Gasteiger partial charge in [-0.1, -0.05) is 72.8 Å². The number of epoxide rings is 1. The summed E-state index contributed by atoms with van der Waals surface area (Å²) in [5, 5.41) is 10.7. The van der Waals surface area contributed by atoms with E-state index in [9.17, 15) is 9.90 Å². The van der Waals surface area contributed by atoms with Gasteiger partial charge in [0.15, 0.2) is 6.10 Å².